The molecule has 0 saturated carbocycles. The fourth-order valence-corrected chi connectivity index (χ4v) is 5.68. The van der Waals surface area contributed by atoms with E-state index in [1.165, 1.54) is 0 Å². The molecule has 2 rings (SSSR count). The van der Waals surface area contributed by atoms with Gasteiger partial charge in [0.05, 0.1) is 5.60 Å². The van der Waals surface area contributed by atoms with Crippen LogP contribution in [0.15, 0.2) is 0 Å². The molecule has 0 radical (unpaired) electrons. The molecule has 3 atom stereocenters. The third-order valence-electron chi connectivity index (χ3n) is 3.84. The molecule has 2 aliphatic heterocycles. The number of thioether (sulfide) groups is 1. The minimum absolute atomic E-state index is 0.0523. The first-order valence-corrected chi connectivity index (χ1v) is 8.60. The average Bonchev–Trinajstić information content (AvgIpc) is 2.76. The van der Waals surface area contributed by atoms with Crippen LogP contribution in [0.25, 0.3) is 0 Å². The molecule has 1 spiro atoms. The standard InChI is InChI=1S/C12H20O4S2/c1-11(2,10(13)14)18(15)9-3-5-16-12(7-9)4-6-17-8-12/h9H,3-8H2,1-2H3,(H,13,14). The van der Waals surface area contributed by atoms with Crippen molar-refractivity contribution >= 4 is 28.5 Å². The van der Waals surface area contributed by atoms with E-state index in [1.54, 1.807) is 13.8 Å². The summed E-state index contributed by atoms with van der Waals surface area (Å²) in [5.74, 6) is 1.05. The first-order chi connectivity index (χ1) is 8.37. The molecule has 6 heteroatoms. The average molecular weight is 292 g/mol. The van der Waals surface area contributed by atoms with Gasteiger partial charge in [-0.25, -0.2) is 0 Å². The molecular formula is C12H20O4S2. The first kappa shape index (κ1) is 14.3. The van der Waals surface area contributed by atoms with Crippen LogP contribution in [-0.4, -0.2) is 49.0 Å². The number of rotatable bonds is 3. The van der Waals surface area contributed by atoms with Gasteiger partial charge in [-0.05, 0) is 38.9 Å². The Kier molecular flexibility index (Phi) is 4.09. The smallest absolute Gasteiger partial charge is 0.321 e. The van der Waals surface area contributed by atoms with Gasteiger partial charge in [-0.2, -0.15) is 11.8 Å². The second-order valence-electron chi connectivity index (χ2n) is 5.56. The van der Waals surface area contributed by atoms with Gasteiger partial charge < -0.3 is 9.84 Å². The molecule has 4 nitrogen and oxygen atoms in total. The second kappa shape index (κ2) is 5.13. The van der Waals surface area contributed by atoms with Crippen LogP contribution >= 0.6 is 11.8 Å². The van der Waals surface area contributed by atoms with Gasteiger partial charge in [-0.1, -0.05) is 0 Å². The lowest BCUT2D eigenvalue weighted by atomic mass is 9.93. The van der Waals surface area contributed by atoms with E-state index in [9.17, 15) is 14.1 Å². The maximum atomic E-state index is 12.5. The Labute approximate surface area is 114 Å². The summed E-state index contributed by atoms with van der Waals surface area (Å²) in [6.07, 6.45) is 2.44. The number of carboxylic acids is 1. The van der Waals surface area contributed by atoms with Crippen molar-refractivity contribution in [3.8, 4) is 0 Å². The summed E-state index contributed by atoms with van der Waals surface area (Å²) in [5, 5.41) is 9.12. The SMILES string of the molecule is CC(C)(C(=O)O)S(=O)C1CCOC2(CCSC2)C1. The molecule has 0 aromatic rings. The molecule has 0 aromatic heterocycles. The minimum atomic E-state index is -1.36. The van der Waals surface area contributed by atoms with E-state index in [1.807, 2.05) is 11.8 Å². The Hall–Kier alpha value is -0.0700. The zero-order valence-electron chi connectivity index (χ0n) is 10.8. The number of hydrogen-bond acceptors (Lipinski definition) is 4. The van der Waals surface area contributed by atoms with Gasteiger partial charge in [0.25, 0.3) is 0 Å². The first-order valence-electron chi connectivity index (χ1n) is 6.23. The summed E-state index contributed by atoms with van der Waals surface area (Å²) in [5.41, 5.74) is -0.141. The fraction of sp³-hybridized carbons (Fsp3) is 0.917. The van der Waals surface area contributed by atoms with Crippen molar-refractivity contribution in [2.45, 2.75) is 48.7 Å². The van der Waals surface area contributed by atoms with Crippen LogP contribution < -0.4 is 0 Å². The Balaban J connectivity index is 2.09. The van der Waals surface area contributed by atoms with Crippen molar-refractivity contribution in [2.24, 2.45) is 0 Å². The molecule has 2 saturated heterocycles. The van der Waals surface area contributed by atoms with E-state index >= 15 is 0 Å². The van der Waals surface area contributed by atoms with Crippen LogP contribution in [0.4, 0.5) is 0 Å². The van der Waals surface area contributed by atoms with Crippen molar-refractivity contribution in [1.82, 2.24) is 0 Å². The fourth-order valence-electron chi connectivity index (χ4n) is 2.53. The molecule has 2 aliphatic rings. The topological polar surface area (TPSA) is 63.6 Å². The molecule has 1 N–H and O–H groups in total. The highest BCUT2D eigenvalue weighted by atomic mass is 32.2. The highest BCUT2D eigenvalue weighted by Crippen LogP contribution is 2.40. The van der Waals surface area contributed by atoms with Crippen LogP contribution in [0, 0.1) is 0 Å². The van der Waals surface area contributed by atoms with Crippen molar-refractivity contribution < 1.29 is 18.8 Å². The van der Waals surface area contributed by atoms with Crippen molar-refractivity contribution in [1.29, 1.82) is 0 Å². The van der Waals surface area contributed by atoms with E-state index < -0.39 is 21.5 Å². The maximum absolute atomic E-state index is 12.5. The summed E-state index contributed by atoms with van der Waals surface area (Å²) in [6, 6.07) is 0. The lowest BCUT2D eigenvalue weighted by Crippen LogP contribution is -2.49. The van der Waals surface area contributed by atoms with Crippen LogP contribution in [0.5, 0.6) is 0 Å². The Bertz CT molecular complexity index is 361. The highest BCUT2D eigenvalue weighted by molar-refractivity contribution is 7.99. The zero-order valence-corrected chi connectivity index (χ0v) is 12.4. The van der Waals surface area contributed by atoms with Gasteiger partial charge in [0.1, 0.15) is 4.75 Å². The van der Waals surface area contributed by atoms with Crippen molar-refractivity contribution in [2.75, 3.05) is 18.1 Å². The van der Waals surface area contributed by atoms with Gasteiger partial charge >= 0.3 is 5.97 Å². The predicted molar refractivity (Wildman–Crippen MR) is 73.5 cm³/mol. The molecule has 0 amide bonds. The Morgan fingerprint density at radius 2 is 2.28 bits per heavy atom. The molecule has 3 unspecified atom stereocenters. The molecular weight excluding hydrogens is 272 g/mol. The largest absolute Gasteiger partial charge is 0.480 e. The van der Waals surface area contributed by atoms with Gasteiger partial charge in [0.2, 0.25) is 0 Å². The van der Waals surface area contributed by atoms with E-state index in [0.29, 0.717) is 13.0 Å². The van der Waals surface area contributed by atoms with Crippen molar-refractivity contribution in [3.05, 3.63) is 0 Å². The molecule has 0 aliphatic carbocycles. The van der Waals surface area contributed by atoms with Crippen LogP contribution in [0.1, 0.15) is 33.1 Å². The number of carbonyl (C=O) groups is 1. The molecule has 2 heterocycles. The van der Waals surface area contributed by atoms with Crippen LogP contribution in [0.3, 0.4) is 0 Å². The van der Waals surface area contributed by atoms with Gasteiger partial charge in [-0.3, -0.25) is 9.00 Å². The summed E-state index contributed by atoms with van der Waals surface area (Å²) < 4.78 is 17.2. The number of carboxylic acid groups (broad SMARTS) is 1. The van der Waals surface area contributed by atoms with Gasteiger partial charge in [0.15, 0.2) is 0 Å². The second-order valence-corrected chi connectivity index (χ2v) is 8.95. The molecule has 0 aromatic carbocycles. The Morgan fingerprint density at radius 1 is 1.56 bits per heavy atom. The number of ether oxygens (including phenoxy) is 1. The quantitative estimate of drug-likeness (QED) is 0.857. The maximum Gasteiger partial charge on any atom is 0.321 e. The number of aliphatic carboxylic acids is 1. The molecule has 2 fully saturated rings. The lowest BCUT2D eigenvalue weighted by molar-refractivity contribution is -0.139. The zero-order chi connectivity index (χ0) is 13.4. The van der Waals surface area contributed by atoms with Gasteiger partial charge in [-0.15, -0.1) is 0 Å². The van der Waals surface area contributed by atoms with Crippen molar-refractivity contribution in [3.63, 3.8) is 0 Å². The lowest BCUT2D eigenvalue weighted by Gasteiger charge is -2.39. The van der Waals surface area contributed by atoms with E-state index in [2.05, 4.69) is 0 Å². The van der Waals surface area contributed by atoms with Crippen LogP contribution in [-0.2, 0) is 20.3 Å². The van der Waals surface area contributed by atoms with Crippen LogP contribution in [0.2, 0.25) is 0 Å². The van der Waals surface area contributed by atoms with Gasteiger partial charge in [0, 0.05) is 28.4 Å². The molecule has 0 bridgehead atoms. The molecule has 104 valence electrons. The summed E-state index contributed by atoms with van der Waals surface area (Å²) in [6.45, 7) is 3.71. The third-order valence-corrected chi connectivity index (χ3v) is 7.25. The van der Waals surface area contributed by atoms with E-state index in [0.717, 1.165) is 24.3 Å². The summed E-state index contributed by atoms with van der Waals surface area (Å²) >= 11 is 1.87. The third kappa shape index (κ3) is 2.60. The summed E-state index contributed by atoms with van der Waals surface area (Å²) in [4.78, 5) is 11.2. The predicted octanol–water partition coefficient (Wildman–Crippen LogP) is 1.65. The summed E-state index contributed by atoms with van der Waals surface area (Å²) in [7, 11) is -1.36. The van der Waals surface area contributed by atoms with E-state index in [-0.39, 0.29) is 10.9 Å². The normalized spacial score (nSPS) is 34.7. The van der Waals surface area contributed by atoms with E-state index in [4.69, 9.17) is 4.74 Å². The number of hydrogen-bond donors (Lipinski definition) is 1. The molecule has 18 heavy (non-hydrogen) atoms. The monoisotopic (exact) mass is 292 g/mol. The minimum Gasteiger partial charge on any atom is -0.480 e. The Morgan fingerprint density at radius 3 is 2.83 bits per heavy atom. The highest BCUT2D eigenvalue weighted by Gasteiger charge is 2.46.